The van der Waals surface area contributed by atoms with Gasteiger partial charge < -0.3 is 44.7 Å². The number of nitrogens with one attached hydrogen (secondary N) is 1. The zero-order valence-corrected chi connectivity index (χ0v) is 12.5. The molecule has 6 N–H and O–H groups in total. The van der Waals surface area contributed by atoms with Gasteiger partial charge in [-0.3, -0.25) is 9.78 Å². The van der Waals surface area contributed by atoms with Crippen LogP contribution in [-0.2, 0) is 10.6 Å². The summed E-state index contributed by atoms with van der Waals surface area (Å²) in [4.78, 5) is 25.2. The second kappa shape index (κ2) is 5.71. The number of aryl methyl sites for hydroxylation is 1. The van der Waals surface area contributed by atoms with Crippen molar-refractivity contribution in [2.45, 2.75) is 31.4 Å². The molecule has 0 spiro atoms. The molecule has 2 heterocycles. The van der Waals surface area contributed by atoms with E-state index in [-0.39, 0.29) is 37.0 Å². The molecular formula is C10H16IN3O5. The van der Waals surface area contributed by atoms with Gasteiger partial charge in [-0.25, -0.2) is 9.36 Å². The van der Waals surface area contributed by atoms with Gasteiger partial charge >= 0.3 is 5.69 Å². The topological polar surface area (TPSA) is 132 Å². The van der Waals surface area contributed by atoms with Crippen molar-refractivity contribution in [3.05, 3.63) is 32.6 Å². The van der Waals surface area contributed by atoms with E-state index >= 15 is 0 Å². The first-order valence-corrected chi connectivity index (χ1v) is 5.52. The minimum absolute atomic E-state index is 0. The van der Waals surface area contributed by atoms with Gasteiger partial charge in [0.15, 0.2) is 0 Å². The van der Waals surface area contributed by atoms with Crippen molar-refractivity contribution in [2.75, 3.05) is 6.61 Å². The van der Waals surface area contributed by atoms with Gasteiger partial charge in [-0.2, -0.15) is 0 Å². The average molecular weight is 385 g/mol. The van der Waals surface area contributed by atoms with Crippen molar-refractivity contribution in [2.24, 2.45) is 0 Å². The molecule has 1 aliphatic heterocycles. The van der Waals surface area contributed by atoms with Crippen molar-refractivity contribution < 1.29 is 44.7 Å². The smallest absolute Gasteiger partial charge is 0.335 e. The molecule has 0 aromatic carbocycles. The van der Waals surface area contributed by atoms with Crippen molar-refractivity contribution in [3.8, 4) is 0 Å². The molecule has 0 bridgehead atoms. The third kappa shape index (κ3) is 2.89. The second-order valence-electron chi connectivity index (χ2n) is 4.50. The van der Waals surface area contributed by atoms with Gasteiger partial charge in [0.05, 0.1) is 19.1 Å². The van der Waals surface area contributed by atoms with Crippen LogP contribution in [0.25, 0.3) is 0 Å². The number of aromatic nitrogens is 2. The lowest BCUT2D eigenvalue weighted by Gasteiger charge is -2.22. The fraction of sp³-hybridized carbons (Fsp3) is 0.600. The Morgan fingerprint density at radius 1 is 1.63 bits per heavy atom. The maximum Gasteiger partial charge on any atom is 0.335 e. The number of aliphatic hydroxyl groups is 2. The molecule has 1 fully saturated rings. The fourth-order valence-electron chi connectivity index (χ4n) is 2.05. The molecule has 3 atom stereocenters. The first-order valence-electron chi connectivity index (χ1n) is 5.52. The Hall–Kier alpha value is -0.750. The number of halogens is 1. The van der Waals surface area contributed by atoms with Crippen molar-refractivity contribution in [3.63, 3.8) is 0 Å². The molecule has 0 unspecified atom stereocenters. The largest absolute Gasteiger partial charge is 1.00 e. The summed E-state index contributed by atoms with van der Waals surface area (Å²) in [6.45, 7) is 1.18. The van der Waals surface area contributed by atoms with Crippen LogP contribution in [0.15, 0.2) is 15.8 Å². The standard InChI is InChI=1S/C10H15N3O5.HI/c1-5-3-13(9(17)12-8(5)16)10(11)2-6(15)7(4-14)18-10;/h3,6-7,14-15H,2,4,11H2,1H3,(H,12,16,17);1H/t6-,7+,10-;/m0./s1. The van der Waals surface area contributed by atoms with Gasteiger partial charge in [-0.05, 0) is 6.92 Å². The molecule has 19 heavy (non-hydrogen) atoms. The zero-order chi connectivity index (χ0) is 13.5. The van der Waals surface area contributed by atoms with Crippen LogP contribution in [0.2, 0.25) is 0 Å². The lowest BCUT2D eigenvalue weighted by molar-refractivity contribution is -0.593. The second-order valence-corrected chi connectivity index (χ2v) is 4.50. The summed E-state index contributed by atoms with van der Waals surface area (Å²) in [5.41, 5.74) is 2.97. The Bertz CT molecular complexity index is 571. The summed E-state index contributed by atoms with van der Waals surface area (Å²) in [6, 6.07) is 0. The summed E-state index contributed by atoms with van der Waals surface area (Å²) in [5.74, 6) is -1.32. The predicted octanol–water partition coefficient (Wildman–Crippen LogP) is -6.16. The van der Waals surface area contributed by atoms with Crippen molar-refractivity contribution in [1.82, 2.24) is 9.55 Å². The number of hydrogen-bond acceptors (Lipinski definition) is 5. The SMILES string of the molecule is Cc1cn([C@@]2([NH3+])C[C@H](O)[C@@H](CO)O2)c(=O)[nH]c1=O.[I-]. The first kappa shape index (κ1) is 16.3. The van der Waals surface area contributed by atoms with E-state index in [9.17, 15) is 14.7 Å². The molecular weight excluding hydrogens is 369 g/mol. The van der Waals surface area contributed by atoms with Gasteiger partial charge in [0.2, 0.25) is 0 Å². The zero-order valence-electron chi connectivity index (χ0n) is 10.3. The Morgan fingerprint density at radius 3 is 2.79 bits per heavy atom. The molecule has 0 aliphatic carbocycles. The molecule has 1 aromatic rings. The minimum atomic E-state index is -1.32. The van der Waals surface area contributed by atoms with E-state index in [4.69, 9.17) is 9.84 Å². The van der Waals surface area contributed by atoms with Gasteiger partial charge in [0.1, 0.15) is 6.10 Å². The molecule has 1 aromatic heterocycles. The van der Waals surface area contributed by atoms with Crippen molar-refractivity contribution in [1.29, 1.82) is 0 Å². The minimum Gasteiger partial charge on any atom is -1.00 e. The highest BCUT2D eigenvalue weighted by atomic mass is 127. The highest BCUT2D eigenvalue weighted by Crippen LogP contribution is 2.27. The number of rotatable bonds is 2. The summed E-state index contributed by atoms with van der Waals surface area (Å²) < 4.78 is 6.53. The average Bonchev–Trinajstić information content (AvgIpc) is 2.59. The molecule has 8 nitrogen and oxygen atoms in total. The van der Waals surface area contributed by atoms with E-state index in [1.807, 2.05) is 0 Å². The summed E-state index contributed by atoms with van der Waals surface area (Å²) >= 11 is 0. The first-order chi connectivity index (χ1) is 8.37. The van der Waals surface area contributed by atoms with Gasteiger partial charge in [-0.15, -0.1) is 0 Å². The fourth-order valence-corrected chi connectivity index (χ4v) is 2.05. The van der Waals surface area contributed by atoms with E-state index < -0.39 is 29.3 Å². The van der Waals surface area contributed by atoms with Gasteiger partial charge in [0, 0.05) is 11.8 Å². The van der Waals surface area contributed by atoms with E-state index in [1.165, 1.54) is 6.20 Å². The molecule has 0 amide bonds. The molecule has 0 radical (unpaired) electrons. The Morgan fingerprint density at radius 2 is 2.26 bits per heavy atom. The molecule has 108 valence electrons. The normalized spacial score (nSPS) is 30.1. The number of nitrogens with zero attached hydrogens (tertiary/aromatic N) is 1. The highest BCUT2D eigenvalue weighted by Gasteiger charge is 2.48. The lowest BCUT2D eigenvalue weighted by atomic mass is 10.1. The maximum absolute atomic E-state index is 11.7. The molecule has 2 rings (SSSR count). The monoisotopic (exact) mass is 385 g/mol. The van der Waals surface area contributed by atoms with Crippen molar-refractivity contribution >= 4 is 0 Å². The molecule has 1 saturated heterocycles. The van der Waals surface area contributed by atoms with Crippen LogP contribution >= 0.6 is 0 Å². The Labute approximate surface area is 125 Å². The van der Waals surface area contributed by atoms with E-state index in [2.05, 4.69) is 10.7 Å². The number of H-pyrrole nitrogens is 1. The number of aliphatic hydroxyl groups excluding tert-OH is 2. The highest BCUT2D eigenvalue weighted by molar-refractivity contribution is 5.02. The predicted molar refractivity (Wildman–Crippen MR) is 59.5 cm³/mol. The van der Waals surface area contributed by atoms with E-state index in [0.717, 1.165) is 4.57 Å². The molecule has 9 heteroatoms. The van der Waals surface area contributed by atoms with E-state index in [0.29, 0.717) is 5.56 Å². The third-order valence-corrected chi connectivity index (χ3v) is 3.07. The third-order valence-electron chi connectivity index (χ3n) is 3.07. The summed E-state index contributed by atoms with van der Waals surface area (Å²) in [5, 5.41) is 18.7. The van der Waals surface area contributed by atoms with Crippen LogP contribution in [0.5, 0.6) is 0 Å². The quantitative estimate of drug-likeness (QED) is 0.376. The van der Waals surface area contributed by atoms with Crippen LogP contribution in [0, 0.1) is 6.92 Å². The number of ether oxygens (including phenoxy) is 1. The number of hydrogen-bond donors (Lipinski definition) is 4. The lowest BCUT2D eigenvalue weighted by Crippen LogP contribution is -3.00. The molecule has 0 saturated carbocycles. The van der Waals surface area contributed by atoms with E-state index in [1.54, 1.807) is 6.92 Å². The number of quaternary nitrogens is 1. The number of aromatic amines is 1. The molecule has 1 aliphatic rings. The summed E-state index contributed by atoms with van der Waals surface area (Å²) in [6.07, 6.45) is -0.308. The maximum atomic E-state index is 11.7. The summed E-state index contributed by atoms with van der Waals surface area (Å²) in [7, 11) is 0. The van der Waals surface area contributed by atoms with Crippen LogP contribution in [-0.4, -0.2) is 38.6 Å². The van der Waals surface area contributed by atoms with Gasteiger partial charge in [0.25, 0.3) is 11.4 Å². The van der Waals surface area contributed by atoms with Crippen LogP contribution in [0.4, 0.5) is 0 Å². The Kier molecular flexibility index (Phi) is 4.90. The van der Waals surface area contributed by atoms with Crippen LogP contribution in [0.3, 0.4) is 0 Å². The van der Waals surface area contributed by atoms with Crippen LogP contribution in [0.1, 0.15) is 12.0 Å². The Balaban J connectivity index is 0.00000180. The van der Waals surface area contributed by atoms with Crippen LogP contribution < -0.4 is 41.0 Å². The van der Waals surface area contributed by atoms with Gasteiger partial charge in [-0.1, -0.05) is 0 Å².